The number of carbonyl (C=O) groups excluding carboxylic acids is 1. The van der Waals surface area contributed by atoms with Gasteiger partial charge >= 0.3 is 0 Å². The van der Waals surface area contributed by atoms with Gasteiger partial charge in [0.2, 0.25) is 0 Å². The van der Waals surface area contributed by atoms with Gasteiger partial charge < -0.3 is 9.80 Å². The molecule has 0 bridgehead atoms. The van der Waals surface area contributed by atoms with E-state index in [1.165, 1.54) is 4.90 Å². The van der Waals surface area contributed by atoms with Crippen molar-refractivity contribution in [2.24, 2.45) is 7.05 Å². The second kappa shape index (κ2) is 5.28. The summed E-state index contributed by atoms with van der Waals surface area (Å²) in [5.74, 6) is -0.109. The summed E-state index contributed by atoms with van der Waals surface area (Å²) in [6.07, 6.45) is 7.48. The van der Waals surface area contributed by atoms with Crippen LogP contribution < -0.4 is 4.90 Å². The van der Waals surface area contributed by atoms with E-state index in [9.17, 15) is 4.79 Å². The SMILES string of the molecule is CN(C)C(=O)c1nn(C)cc1N1C=CSC1c1cn[nH]c1. The molecule has 0 aliphatic carbocycles. The lowest BCUT2D eigenvalue weighted by atomic mass is 10.2. The van der Waals surface area contributed by atoms with Crippen LogP contribution in [-0.4, -0.2) is 44.9 Å². The van der Waals surface area contributed by atoms with Crippen molar-refractivity contribution >= 4 is 23.4 Å². The number of thioether (sulfide) groups is 1. The molecule has 1 amide bonds. The molecule has 0 saturated carbocycles. The van der Waals surface area contributed by atoms with Crippen LogP contribution in [0.2, 0.25) is 0 Å². The number of H-pyrrole nitrogens is 1. The van der Waals surface area contributed by atoms with Crippen molar-refractivity contribution in [1.29, 1.82) is 0 Å². The highest BCUT2D eigenvalue weighted by Crippen LogP contribution is 2.42. The Kier molecular flexibility index (Phi) is 3.46. The Bertz CT molecular complexity index is 675. The van der Waals surface area contributed by atoms with E-state index in [2.05, 4.69) is 15.3 Å². The number of hydrogen-bond acceptors (Lipinski definition) is 5. The molecule has 110 valence electrons. The van der Waals surface area contributed by atoms with Crippen LogP contribution in [0.25, 0.3) is 0 Å². The molecule has 1 aliphatic rings. The number of nitrogens with one attached hydrogen (secondary N) is 1. The highest BCUT2D eigenvalue weighted by Gasteiger charge is 2.29. The number of rotatable bonds is 3. The third-order valence-electron chi connectivity index (χ3n) is 3.18. The van der Waals surface area contributed by atoms with Gasteiger partial charge in [0.05, 0.1) is 11.9 Å². The molecule has 1 N–H and O–H groups in total. The zero-order valence-electron chi connectivity index (χ0n) is 12.0. The molecule has 0 radical (unpaired) electrons. The molecular formula is C13H16N6OS. The lowest BCUT2D eigenvalue weighted by Gasteiger charge is -2.23. The maximum atomic E-state index is 12.3. The van der Waals surface area contributed by atoms with Crippen LogP contribution in [0.3, 0.4) is 0 Å². The zero-order chi connectivity index (χ0) is 15.0. The average Bonchev–Trinajstić information content (AvgIpc) is 3.16. The average molecular weight is 304 g/mol. The topological polar surface area (TPSA) is 70.1 Å². The molecule has 2 aromatic rings. The number of hydrogen-bond donors (Lipinski definition) is 1. The number of anilines is 1. The first-order valence-electron chi connectivity index (χ1n) is 6.42. The maximum absolute atomic E-state index is 12.3. The Hall–Kier alpha value is -2.22. The summed E-state index contributed by atoms with van der Waals surface area (Å²) in [6, 6.07) is 0. The van der Waals surface area contributed by atoms with Gasteiger partial charge in [-0.15, -0.1) is 11.8 Å². The number of aromatic amines is 1. The van der Waals surface area contributed by atoms with Crippen molar-refractivity contribution in [3.63, 3.8) is 0 Å². The van der Waals surface area contributed by atoms with Crippen molar-refractivity contribution < 1.29 is 4.79 Å². The molecule has 0 fully saturated rings. The second-order valence-electron chi connectivity index (χ2n) is 4.95. The lowest BCUT2D eigenvalue weighted by molar-refractivity contribution is 0.0822. The summed E-state index contributed by atoms with van der Waals surface area (Å²) in [6.45, 7) is 0. The lowest BCUT2D eigenvalue weighted by Crippen LogP contribution is -2.25. The number of nitrogens with zero attached hydrogens (tertiary/aromatic N) is 5. The summed E-state index contributed by atoms with van der Waals surface area (Å²) in [4.78, 5) is 15.9. The second-order valence-corrected chi connectivity index (χ2v) is 5.94. The van der Waals surface area contributed by atoms with Crippen LogP contribution in [0.1, 0.15) is 21.4 Å². The number of aromatic nitrogens is 4. The maximum Gasteiger partial charge on any atom is 0.276 e. The quantitative estimate of drug-likeness (QED) is 0.932. The molecule has 21 heavy (non-hydrogen) atoms. The van der Waals surface area contributed by atoms with E-state index in [-0.39, 0.29) is 11.3 Å². The van der Waals surface area contributed by atoms with Crippen molar-refractivity contribution in [2.45, 2.75) is 5.37 Å². The molecule has 1 unspecified atom stereocenters. The van der Waals surface area contributed by atoms with Crippen molar-refractivity contribution in [3.05, 3.63) is 41.5 Å². The first kappa shape index (κ1) is 13.7. The minimum absolute atomic E-state index is 0.0571. The first-order valence-corrected chi connectivity index (χ1v) is 7.36. The van der Waals surface area contributed by atoms with Crippen LogP contribution in [0.4, 0.5) is 5.69 Å². The number of carbonyl (C=O) groups is 1. The monoisotopic (exact) mass is 304 g/mol. The predicted molar refractivity (Wildman–Crippen MR) is 81.8 cm³/mol. The minimum atomic E-state index is -0.109. The molecule has 1 atom stereocenters. The van der Waals surface area contributed by atoms with Crippen LogP contribution in [0, 0.1) is 0 Å². The van der Waals surface area contributed by atoms with E-state index in [1.807, 2.05) is 35.9 Å². The van der Waals surface area contributed by atoms with Crippen LogP contribution in [0.5, 0.6) is 0 Å². The minimum Gasteiger partial charge on any atom is -0.343 e. The summed E-state index contributed by atoms with van der Waals surface area (Å²) in [7, 11) is 5.27. The summed E-state index contributed by atoms with van der Waals surface area (Å²) in [5, 5.41) is 13.2. The van der Waals surface area contributed by atoms with Crippen LogP contribution >= 0.6 is 11.8 Å². The van der Waals surface area contributed by atoms with Gasteiger partial charge in [-0.2, -0.15) is 10.2 Å². The number of amides is 1. The van der Waals surface area contributed by atoms with Gasteiger partial charge in [0.1, 0.15) is 5.37 Å². The largest absolute Gasteiger partial charge is 0.343 e. The van der Waals surface area contributed by atoms with Gasteiger partial charge in [-0.25, -0.2) is 0 Å². The molecule has 2 aromatic heterocycles. The van der Waals surface area contributed by atoms with Crippen LogP contribution in [-0.2, 0) is 7.05 Å². The number of aryl methyl sites for hydroxylation is 1. The molecule has 3 heterocycles. The van der Waals surface area contributed by atoms with E-state index in [0.29, 0.717) is 5.69 Å². The molecule has 3 rings (SSSR count). The Balaban J connectivity index is 2.00. The van der Waals surface area contributed by atoms with Crippen molar-refractivity contribution in [1.82, 2.24) is 24.9 Å². The van der Waals surface area contributed by atoms with Gasteiger partial charge in [-0.3, -0.25) is 14.6 Å². The molecule has 1 aliphatic heterocycles. The fraction of sp³-hybridized carbons (Fsp3) is 0.308. The van der Waals surface area contributed by atoms with Crippen LogP contribution in [0.15, 0.2) is 30.2 Å². The Labute approximate surface area is 126 Å². The first-order chi connectivity index (χ1) is 10.1. The van der Waals surface area contributed by atoms with Gasteiger partial charge in [-0.05, 0) is 5.41 Å². The zero-order valence-corrected chi connectivity index (χ0v) is 12.8. The summed E-state index contributed by atoms with van der Waals surface area (Å²) < 4.78 is 1.66. The van der Waals surface area contributed by atoms with Gasteiger partial charge in [0, 0.05) is 45.3 Å². The fourth-order valence-electron chi connectivity index (χ4n) is 2.19. The smallest absolute Gasteiger partial charge is 0.276 e. The highest BCUT2D eigenvalue weighted by atomic mass is 32.2. The molecule has 7 nitrogen and oxygen atoms in total. The van der Waals surface area contributed by atoms with Gasteiger partial charge in [-0.1, -0.05) is 0 Å². The Morgan fingerprint density at radius 1 is 1.48 bits per heavy atom. The predicted octanol–water partition coefficient (Wildman–Crippen LogP) is 1.57. The van der Waals surface area contributed by atoms with E-state index >= 15 is 0 Å². The molecule has 0 aromatic carbocycles. The molecular weight excluding hydrogens is 288 g/mol. The third kappa shape index (κ3) is 2.42. The molecule has 0 saturated heterocycles. The fourth-order valence-corrected chi connectivity index (χ4v) is 3.14. The molecule has 0 spiro atoms. The normalized spacial score (nSPS) is 17.5. The van der Waals surface area contributed by atoms with E-state index in [4.69, 9.17) is 0 Å². The third-order valence-corrected chi connectivity index (χ3v) is 4.22. The van der Waals surface area contributed by atoms with E-state index in [1.54, 1.807) is 36.7 Å². The van der Waals surface area contributed by atoms with E-state index < -0.39 is 0 Å². The Morgan fingerprint density at radius 3 is 2.95 bits per heavy atom. The Morgan fingerprint density at radius 2 is 2.29 bits per heavy atom. The van der Waals surface area contributed by atoms with Crippen molar-refractivity contribution in [2.75, 3.05) is 19.0 Å². The van der Waals surface area contributed by atoms with E-state index in [0.717, 1.165) is 11.3 Å². The highest BCUT2D eigenvalue weighted by molar-refractivity contribution is 8.02. The van der Waals surface area contributed by atoms with Crippen molar-refractivity contribution in [3.8, 4) is 0 Å². The standard InChI is InChI=1S/C13H16N6OS/c1-17(2)12(20)11-10(8-18(3)16-11)19-4-5-21-13(19)9-6-14-15-7-9/h4-8,13H,1-3H3,(H,14,15). The van der Waals surface area contributed by atoms with Gasteiger partial charge in [0.15, 0.2) is 5.69 Å². The summed E-state index contributed by atoms with van der Waals surface area (Å²) >= 11 is 1.66. The molecule has 8 heteroatoms. The van der Waals surface area contributed by atoms with Gasteiger partial charge in [0.25, 0.3) is 5.91 Å². The summed E-state index contributed by atoms with van der Waals surface area (Å²) in [5.41, 5.74) is 2.30.